The van der Waals surface area contributed by atoms with E-state index in [0.29, 0.717) is 16.3 Å². The number of primary amides is 1. The summed E-state index contributed by atoms with van der Waals surface area (Å²) in [5.41, 5.74) is 6.46. The van der Waals surface area contributed by atoms with Gasteiger partial charge in [-0.1, -0.05) is 27.5 Å². The summed E-state index contributed by atoms with van der Waals surface area (Å²) in [5.74, 6) is -1.000. The van der Waals surface area contributed by atoms with Crippen molar-refractivity contribution in [2.75, 3.05) is 5.32 Å². The first-order chi connectivity index (χ1) is 9.47. The zero-order valence-corrected chi connectivity index (χ0v) is 12.6. The molecule has 0 fully saturated rings. The molecule has 0 aliphatic heterocycles. The minimum Gasteiger partial charge on any atom is -0.380 e. The van der Waals surface area contributed by atoms with Crippen LogP contribution in [0.2, 0.25) is 5.02 Å². The van der Waals surface area contributed by atoms with Crippen LogP contribution in [0.4, 0.5) is 10.1 Å². The predicted octanol–water partition coefficient (Wildman–Crippen LogP) is 3.95. The number of halogens is 3. The summed E-state index contributed by atoms with van der Waals surface area (Å²) in [6.45, 7) is 0.198. The van der Waals surface area contributed by atoms with Crippen LogP contribution in [0.15, 0.2) is 40.9 Å². The fourth-order valence-corrected chi connectivity index (χ4v) is 2.23. The zero-order valence-electron chi connectivity index (χ0n) is 10.3. The van der Waals surface area contributed by atoms with Crippen LogP contribution in [0.5, 0.6) is 0 Å². The smallest absolute Gasteiger partial charge is 0.248 e. The number of hydrogen-bond acceptors (Lipinski definition) is 2. The van der Waals surface area contributed by atoms with Gasteiger partial charge in [0.2, 0.25) is 5.91 Å². The lowest BCUT2D eigenvalue weighted by Gasteiger charge is -2.10. The maximum atomic E-state index is 13.7. The van der Waals surface area contributed by atoms with Crippen molar-refractivity contribution in [3.63, 3.8) is 0 Å². The van der Waals surface area contributed by atoms with Gasteiger partial charge in [0.1, 0.15) is 5.82 Å². The van der Waals surface area contributed by atoms with Crippen molar-refractivity contribution < 1.29 is 9.18 Å². The van der Waals surface area contributed by atoms with E-state index in [1.54, 1.807) is 12.1 Å². The summed E-state index contributed by atoms with van der Waals surface area (Å²) in [6.07, 6.45) is 0. The predicted molar refractivity (Wildman–Crippen MR) is 81.4 cm³/mol. The van der Waals surface area contributed by atoms with Gasteiger partial charge in [-0.3, -0.25) is 4.79 Å². The molecular weight excluding hydrogens is 347 g/mol. The molecule has 2 aromatic rings. The molecule has 0 saturated carbocycles. The van der Waals surface area contributed by atoms with E-state index >= 15 is 0 Å². The Morgan fingerprint density at radius 1 is 1.30 bits per heavy atom. The number of carbonyl (C=O) groups excluding carboxylic acids is 1. The fourth-order valence-electron chi connectivity index (χ4n) is 1.69. The SMILES string of the molecule is NC(=O)c1ccc(F)c(CNc2cc(Br)ccc2Cl)c1. The van der Waals surface area contributed by atoms with Crippen LogP contribution in [0, 0.1) is 5.82 Å². The number of amides is 1. The highest BCUT2D eigenvalue weighted by Crippen LogP contribution is 2.26. The minimum atomic E-state index is -0.591. The van der Waals surface area contributed by atoms with E-state index in [0.717, 1.165) is 4.47 Å². The minimum absolute atomic E-state index is 0.198. The molecule has 1 amide bonds. The summed E-state index contributed by atoms with van der Waals surface area (Å²) in [4.78, 5) is 11.1. The maximum Gasteiger partial charge on any atom is 0.248 e. The molecule has 0 heterocycles. The number of nitrogens with two attached hydrogens (primary N) is 1. The second-order valence-corrected chi connectivity index (χ2v) is 5.47. The average molecular weight is 358 g/mol. The zero-order chi connectivity index (χ0) is 14.7. The number of hydrogen-bond donors (Lipinski definition) is 2. The summed E-state index contributed by atoms with van der Waals surface area (Å²) in [5, 5.41) is 3.55. The average Bonchev–Trinajstić information content (AvgIpc) is 2.41. The van der Waals surface area contributed by atoms with Crippen molar-refractivity contribution in [2.45, 2.75) is 6.54 Å². The van der Waals surface area contributed by atoms with Gasteiger partial charge >= 0.3 is 0 Å². The molecule has 3 nitrogen and oxygen atoms in total. The molecule has 2 aromatic carbocycles. The molecule has 0 radical (unpaired) electrons. The Morgan fingerprint density at radius 2 is 2.05 bits per heavy atom. The lowest BCUT2D eigenvalue weighted by atomic mass is 10.1. The first kappa shape index (κ1) is 14.8. The molecular formula is C14H11BrClFN2O. The first-order valence-corrected chi connectivity index (χ1v) is 6.91. The summed E-state index contributed by atoms with van der Waals surface area (Å²) < 4.78 is 14.5. The van der Waals surface area contributed by atoms with Gasteiger partial charge < -0.3 is 11.1 Å². The molecule has 0 bridgehead atoms. The van der Waals surface area contributed by atoms with E-state index in [2.05, 4.69) is 21.2 Å². The first-order valence-electron chi connectivity index (χ1n) is 5.74. The van der Waals surface area contributed by atoms with Crippen LogP contribution < -0.4 is 11.1 Å². The fraction of sp³-hybridized carbons (Fsp3) is 0.0714. The van der Waals surface area contributed by atoms with E-state index in [1.165, 1.54) is 18.2 Å². The van der Waals surface area contributed by atoms with Gasteiger partial charge in [0.25, 0.3) is 0 Å². The van der Waals surface area contributed by atoms with Crippen LogP contribution in [-0.2, 0) is 6.54 Å². The largest absolute Gasteiger partial charge is 0.380 e. The number of nitrogens with one attached hydrogen (secondary N) is 1. The summed E-state index contributed by atoms with van der Waals surface area (Å²) >= 11 is 9.37. The second-order valence-electron chi connectivity index (χ2n) is 4.15. The van der Waals surface area contributed by atoms with Gasteiger partial charge in [0.05, 0.1) is 10.7 Å². The summed E-state index contributed by atoms with van der Waals surface area (Å²) in [6, 6.07) is 9.33. The van der Waals surface area contributed by atoms with Crippen molar-refractivity contribution in [2.24, 2.45) is 5.73 Å². The Morgan fingerprint density at radius 3 is 2.75 bits per heavy atom. The molecule has 3 N–H and O–H groups in total. The van der Waals surface area contributed by atoms with Gasteiger partial charge in [-0.2, -0.15) is 0 Å². The van der Waals surface area contributed by atoms with Gasteiger partial charge in [0, 0.05) is 22.1 Å². The monoisotopic (exact) mass is 356 g/mol. The molecule has 0 aliphatic rings. The molecule has 104 valence electrons. The Kier molecular flexibility index (Phi) is 4.62. The van der Waals surface area contributed by atoms with Crippen LogP contribution in [0.25, 0.3) is 0 Å². The molecule has 0 aromatic heterocycles. The van der Waals surface area contributed by atoms with Gasteiger partial charge in [-0.25, -0.2) is 4.39 Å². The number of rotatable bonds is 4. The van der Waals surface area contributed by atoms with Gasteiger partial charge in [0.15, 0.2) is 0 Å². The lowest BCUT2D eigenvalue weighted by Crippen LogP contribution is -2.12. The molecule has 20 heavy (non-hydrogen) atoms. The van der Waals surface area contributed by atoms with Crippen LogP contribution in [-0.4, -0.2) is 5.91 Å². The maximum absolute atomic E-state index is 13.7. The lowest BCUT2D eigenvalue weighted by molar-refractivity contribution is 0.1000. The standard InChI is InChI=1S/C14H11BrClFN2O/c15-10-2-3-11(16)13(6-10)19-7-9-5-8(14(18)20)1-4-12(9)17/h1-6,19H,7H2,(H2,18,20). The highest BCUT2D eigenvalue weighted by molar-refractivity contribution is 9.10. The Balaban J connectivity index is 2.20. The van der Waals surface area contributed by atoms with Crippen molar-refractivity contribution in [1.82, 2.24) is 0 Å². The molecule has 2 rings (SSSR count). The molecule has 0 atom stereocenters. The molecule has 6 heteroatoms. The molecule has 0 spiro atoms. The van der Waals surface area contributed by atoms with Crippen LogP contribution in [0.1, 0.15) is 15.9 Å². The number of benzene rings is 2. The highest BCUT2D eigenvalue weighted by Gasteiger charge is 2.08. The normalized spacial score (nSPS) is 10.3. The van der Waals surface area contributed by atoms with E-state index in [4.69, 9.17) is 17.3 Å². The topological polar surface area (TPSA) is 55.1 Å². The van der Waals surface area contributed by atoms with Crippen molar-refractivity contribution >= 4 is 39.1 Å². The third-order valence-electron chi connectivity index (χ3n) is 2.73. The Labute approximate surface area is 129 Å². The van der Waals surface area contributed by atoms with Crippen molar-refractivity contribution in [3.05, 3.63) is 62.8 Å². The van der Waals surface area contributed by atoms with Gasteiger partial charge in [-0.05, 0) is 36.4 Å². The third-order valence-corrected chi connectivity index (χ3v) is 3.55. The Bertz CT molecular complexity index is 664. The number of anilines is 1. The van der Waals surface area contributed by atoms with Crippen LogP contribution in [0.3, 0.4) is 0 Å². The van der Waals surface area contributed by atoms with E-state index in [-0.39, 0.29) is 12.1 Å². The Hall–Kier alpha value is -1.59. The van der Waals surface area contributed by atoms with E-state index < -0.39 is 11.7 Å². The van der Waals surface area contributed by atoms with Crippen LogP contribution >= 0.6 is 27.5 Å². The molecule has 0 saturated heterocycles. The van der Waals surface area contributed by atoms with Gasteiger partial charge in [-0.15, -0.1) is 0 Å². The van der Waals surface area contributed by atoms with Crippen molar-refractivity contribution in [1.29, 1.82) is 0 Å². The molecule has 0 unspecified atom stereocenters. The molecule has 0 aliphatic carbocycles. The number of carbonyl (C=O) groups is 1. The highest BCUT2D eigenvalue weighted by atomic mass is 79.9. The van der Waals surface area contributed by atoms with E-state index in [1.807, 2.05) is 6.07 Å². The van der Waals surface area contributed by atoms with Crippen molar-refractivity contribution in [3.8, 4) is 0 Å². The quantitative estimate of drug-likeness (QED) is 0.870. The van der Waals surface area contributed by atoms with E-state index in [9.17, 15) is 9.18 Å². The summed E-state index contributed by atoms with van der Waals surface area (Å²) in [7, 11) is 0. The third kappa shape index (κ3) is 3.49. The second kappa shape index (κ2) is 6.24.